The second-order valence-corrected chi connectivity index (χ2v) is 7.64. The summed E-state index contributed by atoms with van der Waals surface area (Å²) in [6.07, 6.45) is 2.66. The molecular formula is C20H28N4O2. The first kappa shape index (κ1) is 17.3. The van der Waals surface area contributed by atoms with Gasteiger partial charge in [-0.1, -0.05) is 17.7 Å². The third kappa shape index (κ3) is 3.30. The average Bonchev–Trinajstić information content (AvgIpc) is 3.22. The molecule has 0 unspecified atom stereocenters. The van der Waals surface area contributed by atoms with Gasteiger partial charge in [-0.25, -0.2) is 4.79 Å². The number of fused-ring (bicyclic) bond motifs is 1. The number of rotatable bonds is 5. The van der Waals surface area contributed by atoms with Gasteiger partial charge in [-0.15, -0.1) is 0 Å². The Morgan fingerprint density at radius 2 is 1.69 bits per heavy atom. The van der Waals surface area contributed by atoms with Crippen LogP contribution in [0.5, 0.6) is 0 Å². The number of carbonyl (C=O) groups is 2. The molecule has 6 nitrogen and oxygen atoms in total. The Kier molecular flexibility index (Phi) is 4.85. The van der Waals surface area contributed by atoms with Crippen molar-refractivity contribution in [1.82, 2.24) is 14.7 Å². The molecule has 1 atom stereocenters. The first-order valence-electron chi connectivity index (χ1n) is 9.79. The van der Waals surface area contributed by atoms with Crippen molar-refractivity contribution >= 4 is 17.6 Å². The number of carbonyl (C=O) groups excluding carboxylic acids is 2. The first-order chi connectivity index (χ1) is 12.6. The van der Waals surface area contributed by atoms with Gasteiger partial charge in [-0.2, -0.15) is 0 Å². The van der Waals surface area contributed by atoms with Crippen molar-refractivity contribution in [2.75, 3.05) is 50.7 Å². The van der Waals surface area contributed by atoms with E-state index < -0.39 is 0 Å². The van der Waals surface area contributed by atoms with Crippen LogP contribution in [0.2, 0.25) is 0 Å². The number of nitrogens with zero attached hydrogens (tertiary/aromatic N) is 4. The molecule has 0 bridgehead atoms. The van der Waals surface area contributed by atoms with Gasteiger partial charge in [-0.05, 0) is 44.9 Å². The minimum atomic E-state index is -0.166. The Balaban J connectivity index is 1.21. The van der Waals surface area contributed by atoms with E-state index in [-0.39, 0.29) is 18.0 Å². The summed E-state index contributed by atoms with van der Waals surface area (Å²) in [5.74, 6) is 0.0247. The van der Waals surface area contributed by atoms with E-state index in [2.05, 4.69) is 41.0 Å². The van der Waals surface area contributed by atoms with Gasteiger partial charge in [0.2, 0.25) is 0 Å². The molecule has 0 radical (unpaired) electrons. The summed E-state index contributed by atoms with van der Waals surface area (Å²) in [5, 5.41) is 0. The maximum atomic E-state index is 12.3. The quantitative estimate of drug-likeness (QED) is 0.757. The van der Waals surface area contributed by atoms with Crippen LogP contribution < -0.4 is 4.90 Å². The Labute approximate surface area is 155 Å². The minimum Gasteiger partial charge on any atom is -0.369 e. The molecule has 3 saturated heterocycles. The van der Waals surface area contributed by atoms with Gasteiger partial charge in [-0.3, -0.25) is 14.6 Å². The summed E-state index contributed by atoms with van der Waals surface area (Å²) >= 11 is 0. The molecule has 3 aliphatic rings. The summed E-state index contributed by atoms with van der Waals surface area (Å²) < 4.78 is 0. The van der Waals surface area contributed by atoms with E-state index >= 15 is 0 Å². The highest BCUT2D eigenvalue weighted by Gasteiger charge is 2.46. The van der Waals surface area contributed by atoms with Crippen LogP contribution in [-0.2, 0) is 4.79 Å². The van der Waals surface area contributed by atoms with Crippen molar-refractivity contribution in [3.05, 3.63) is 29.8 Å². The fourth-order valence-electron chi connectivity index (χ4n) is 4.33. The molecule has 3 amide bonds. The molecule has 0 aliphatic carbocycles. The normalized spacial score (nSPS) is 23.9. The lowest BCUT2D eigenvalue weighted by molar-refractivity contribution is -0.128. The van der Waals surface area contributed by atoms with E-state index in [1.807, 2.05) is 0 Å². The van der Waals surface area contributed by atoms with E-state index in [0.29, 0.717) is 6.54 Å². The predicted molar refractivity (Wildman–Crippen MR) is 101 cm³/mol. The maximum absolute atomic E-state index is 12.3. The largest absolute Gasteiger partial charge is 0.369 e. The lowest BCUT2D eigenvalue weighted by atomic mass is 10.2. The van der Waals surface area contributed by atoms with Gasteiger partial charge in [0.25, 0.3) is 5.91 Å². The number of piperazine rings is 1. The van der Waals surface area contributed by atoms with Gasteiger partial charge in [0.05, 0.1) is 0 Å². The fraction of sp³-hybridized carbons (Fsp3) is 0.600. The van der Waals surface area contributed by atoms with Gasteiger partial charge in [0.15, 0.2) is 0 Å². The third-order valence-corrected chi connectivity index (χ3v) is 5.91. The Bertz CT molecular complexity index is 645. The van der Waals surface area contributed by atoms with Crippen LogP contribution in [0.25, 0.3) is 0 Å². The zero-order chi connectivity index (χ0) is 18.1. The van der Waals surface area contributed by atoms with Gasteiger partial charge in [0.1, 0.15) is 6.04 Å². The van der Waals surface area contributed by atoms with Crippen LogP contribution in [0.3, 0.4) is 0 Å². The summed E-state index contributed by atoms with van der Waals surface area (Å²) in [7, 11) is 0. The summed E-state index contributed by atoms with van der Waals surface area (Å²) in [6.45, 7) is 8.48. The number of benzene rings is 1. The van der Waals surface area contributed by atoms with Crippen LogP contribution in [0, 0.1) is 6.92 Å². The standard InChI is InChI=1S/C20H28N4O2/c1-16-5-7-17(8-6-16)22-14-12-21(13-15-22)9-3-11-24-19(25)18-4-2-10-23(18)20(24)26/h5-8,18H,2-4,9-15H2,1H3/t18-/m0/s1. The molecule has 1 aromatic rings. The number of amides is 3. The molecule has 3 fully saturated rings. The van der Waals surface area contributed by atoms with Gasteiger partial charge < -0.3 is 9.80 Å². The molecule has 140 valence electrons. The van der Waals surface area contributed by atoms with Crippen molar-refractivity contribution in [3.8, 4) is 0 Å². The molecule has 0 N–H and O–H groups in total. The summed E-state index contributed by atoms with van der Waals surface area (Å²) in [5.41, 5.74) is 2.59. The maximum Gasteiger partial charge on any atom is 0.327 e. The molecule has 1 aromatic carbocycles. The number of anilines is 1. The van der Waals surface area contributed by atoms with Crippen LogP contribution in [0.4, 0.5) is 10.5 Å². The van der Waals surface area contributed by atoms with E-state index in [4.69, 9.17) is 0 Å². The zero-order valence-electron chi connectivity index (χ0n) is 15.6. The molecule has 3 heterocycles. The topological polar surface area (TPSA) is 47.1 Å². The molecule has 0 saturated carbocycles. The second kappa shape index (κ2) is 7.27. The third-order valence-electron chi connectivity index (χ3n) is 5.91. The summed E-state index contributed by atoms with van der Waals surface area (Å²) in [4.78, 5) is 32.8. The predicted octanol–water partition coefficient (Wildman–Crippen LogP) is 1.93. The van der Waals surface area contributed by atoms with Crippen LogP contribution in [-0.4, -0.2) is 78.5 Å². The van der Waals surface area contributed by atoms with Crippen molar-refractivity contribution in [2.24, 2.45) is 0 Å². The smallest absolute Gasteiger partial charge is 0.327 e. The number of aryl methyl sites for hydroxylation is 1. The van der Waals surface area contributed by atoms with Gasteiger partial charge >= 0.3 is 6.03 Å². The highest BCUT2D eigenvalue weighted by Crippen LogP contribution is 2.27. The number of hydrogen-bond acceptors (Lipinski definition) is 4. The van der Waals surface area contributed by atoms with Crippen LogP contribution in [0.1, 0.15) is 24.8 Å². The Morgan fingerprint density at radius 3 is 2.38 bits per heavy atom. The van der Waals surface area contributed by atoms with E-state index in [1.165, 1.54) is 16.2 Å². The Morgan fingerprint density at radius 1 is 0.962 bits per heavy atom. The van der Waals surface area contributed by atoms with Crippen molar-refractivity contribution < 1.29 is 9.59 Å². The number of hydrogen-bond donors (Lipinski definition) is 0. The molecule has 26 heavy (non-hydrogen) atoms. The number of imide groups is 1. The molecular weight excluding hydrogens is 328 g/mol. The zero-order valence-corrected chi connectivity index (χ0v) is 15.6. The molecule has 6 heteroatoms. The Hall–Kier alpha value is -2.08. The van der Waals surface area contributed by atoms with Gasteiger partial charge in [0, 0.05) is 45.0 Å². The molecule has 0 aromatic heterocycles. The van der Waals surface area contributed by atoms with E-state index in [1.54, 1.807) is 4.90 Å². The monoisotopic (exact) mass is 356 g/mol. The first-order valence-corrected chi connectivity index (χ1v) is 9.79. The number of urea groups is 1. The molecule has 3 aliphatic heterocycles. The minimum absolute atomic E-state index is 0.0247. The van der Waals surface area contributed by atoms with Crippen molar-refractivity contribution in [3.63, 3.8) is 0 Å². The van der Waals surface area contributed by atoms with Crippen molar-refractivity contribution in [2.45, 2.75) is 32.2 Å². The highest BCUT2D eigenvalue weighted by atomic mass is 16.2. The fourth-order valence-corrected chi connectivity index (χ4v) is 4.33. The second-order valence-electron chi connectivity index (χ2n) is 7.64. The average molecular weight is 356 g/mol. The van der Waals surface area contributed by atoms with E-state index in [9.17, 15) is 9.59 Å². The SMILES string of the molecule is Cc1ccc(N2CCN(CCCN3C(=O)[C@@H]4CCCN4C3=O)CC2)cc1. The van der Waals surface area contributed by atoms with E-state index in [0.717, 1.165) is 58.5 Å². The van der Waals surface area contributed by atoms with Crippen molar-refractivity contribution in [1.29, 1.82) is 0 Å². The molecule has 4 rings (SSSR count). The highest BCUT2D eigenvalue weighted by molar-refractivity contribution is 6.04. The molecule has 0 spiro atoms. The summed E-state index contributed by atoms with van der Waals surface area (Å²) in [6, 6.07) is 8.49. The van der Waals surface area contributed by atoms with Crippen LogP contribution >= 0.6 is 0 Å². The van der Waals surface area contributed by atoms with Crippen LogP contribution in [0.15, 0.2) is 24.3 Å². The lowest BCUT2D eigenvalue weighted by Gasteiger charge is -2.36. The lowest BCUT2D eigenvalue weighted by Crippen LogP contribution is -2.47.